The van der Waals surface area contributed by atoms with Gasteiger partial charge in [-0.1, -0.05) is 0 Å². The van der Waals surface area contributed by atoms with Gasteiger partial charge < -0.3 is 4.90 Å². The molecule has 2 heterocycles. The van der Waals surface area contributed by atoms with Gasteiger partial charge in [0.15, 0.2) is 5.92 Å². The first-order valence-electron chi connectivity index (χ1n) is 7.08. The number of barbiturate groups is 1. The Bertz CT molecular complexity index is 421. The number of amides is 4. The van der Waals surface area contributed by atoms with Crippen LogP contribution in [0.4, 0.5) is 4.79 Å². The zero-order chi connectivity index (χ0) is 14.5. The van der Waals surface area contributed by atoms with Crippen LogP contribution in [0.15, 0.2) is 4.99 Å². The second kappa shape index (κ2) is 6.60. The Balaban J connectivity index is 1.87. The van der Waals surface area contributed by atoms with E-state index in [0.717, 1.165) is 6.54 Å². The summed E-state index contributed by atoms with van der Waals surface area (Å²) in [6.45, 7) is 5.53. The van der Waals surface area contributed by atoms with E-state index >= 15 is 0 Å². The van der Waals surface area contributed by atoms with Crippen molar-refractivity contribution < 1.29 is 19.3 Å². The lowest BCUT2D eigenvalue weighted by Gasteiger charge is -2.23. The number of aliphatic imine (C=N–C) groups is 1. The molecule has 0 aliphatic carbocycles. The summed E-state index contributed by atoms with van der Waals surface area (Å²) in [4.78, 5) is 40.1. The molecule has 7 heteroatoms. The van der Waals surface area contributed by atoms with E-state index in [4.69, 9.17) is 0 Å². The first-order valence-corrected chi connectivity index (χ1v) is 7.08. The van der Waals surface area contributed by atoms with Crippen molar-refractivity contribution in [1.82, 2.24) is 10.6 Å². The van der Waals surface area contributed by atoms with Crippen molar-refractivity contribution in [3.8, 4) is 0 Å². The van der Waals surface area contributed by atoms with Crippen LogP contribution in [0.25, 0.3) is 0 Å². The molecule has 2 saturated heterocycles. The Morgan fingerprint density at radius 2 is 1.75 bits per heavy atom. The van der Waals surface area contributed by atoms with Gasteiger partial charge in [-0.25, -0.2) is 4.79 Å². The summed E-state index contributed by atoms with van der Waals surface area (Å²) in [5.74, 6) is -2.17. The molecule has 0 unspecified atom stereocenters. The highest BCUT2D eigenvalue weighted by molar-refractivity contribution is 6.27. The number of imide groups is 2. The number of hydrogen-bond donors (Lipinski definition) is 3. The number of carbonyl (C=O) groups is 3. The van der Waals surface area contributed by atoms with E-state index in [1.165, 1.54) is 37.3 Å². The summed E-state index contributed by atoms with van der Waals surface area (Å²) < 4.78 is 0. The average molecular weight is 281 g/mol. The van der Waals surface area contributed by atoms with Crippen molar-refractivity contribution in [2.45, 2.75) is 26.2 Å². The molecule has 2 aliphatic rings. The van der Waals surface area contributed by atoms with Crippen molar-refractivity contribution in [2.75, 3.05) is 26.2 Å². The second-order valence-corrected chi connectivity index (χ2v) is 5.32. The predicted octanol–water partition coefficient (Wildman–Crippen LogP) is -1.50. The monoisotopic (exact) mass is 281 g/mol. The lowest BCUT2D eigenvalue weighted by Crippen LogP contribution is -3.13. The number of piperidine rings is 1. The van der Waals surface area contributed by atoms with Crippen molar-refractivity contribution in [1.29, 1.82) is 0 Å². The minimum Gasteiger partial charge on any atom is -0.333 e. The van der Waals surface area contributed by atoms with E-state index < -0.39 is 23.8 Å². The third kappa shape index (κ3) is 3.63. The largest absolute Gasteiger partial charge is 0.333 e. The fraction of sp³-hybridized carbons (Fsp3) is 0.692. The highest BCUT2D eigenvalue weighted by Crippen LogP contribution is 2.05. The molecule has 2 aliphatic heterocycles. The fourth-order valence-electron chi connectivity index (χ4n) is 2.68. The molecule has 0 saturated carbocycles. The Hall–Kier alpha value is -1.76. The lowest BCUT2D eigenvalue weighted by molar-refractivity contribution is -0.903. The van der Waals surface area contributed by atoms with Gasteiger partial charge in [0.05, 0.1) is 26.2 Å². The van der Waals surface area contributed by atoms with Gasteiger partial charge in [-0.3, -0.25) is 25.2 Å². The minimum absolute atomic E-state index is 0.462. The molecule has 0 radical (unpaired) electrons. The van der Waals surface area contributed by atoms with Crippen LogP contribution in [0, 0.1) is 5.92 Å². The SMILES string of the molecule is CC(=NCC[NH+]1CCCCC1)C1C(=O)NC(=O)NC1=O. The van der Waals surface area contributed by atoms with E-state index in [2.05, 4.69) is 15.6 Å². The van der Waals surface area contributed by atoms with E-state index in [9.17, 15) is 14.4 Å². The third-order valence-electron chi connectivity index (χ3n) is 3.80. The summed E-state index contributed by atoms with van der Waals surface area (Å²) in [5, 5.41) is 4.17. The van der Waals surface area contributed by atoms with Crippen LogP contribution < -0.4 is 15.5 Å². The molecular weight excluding hydrogens is 260 g/mol. The van der Waals surface area contributed by atoms with Gasteiger partial charge in [0.25, 0.3) is 0 Å². The van der Waals surface area contributed by atoms with Crippen molar-refractivity contribution in [3.05, 3.63) is 0 Å². The highest BCUT2D eigenvalue weighted by Gasteiger charge is 2.36. The van der Waals surface area contributed by atoms with Crippen molar-refractivity contribution in [2.24, 2.45) is 10.9 Å². The molecule has 110 valence electrons. The molecule has 0 atom stereocenters. The number of nitrogens with zero attached hydrogens (tertiary/aromatic N) is 1. The number of urea groups is 1. The number of likely N-dealkylation sites (tertiary alicyclic amines) is 1. The third-order valence-corrected chi connectivity index (χ3v) is 3.80. The predicted molar refractivity (Wildman–Crippen MR) is 72.6 cm³/mol. The van der Waals surface area contributed by atoms with Gasteiger partial charge in [0.2, 0.25) is 11.8 Å². The zero-order valence-electron chi connectivity index (χ0n) is 11.7. The van der Waals surface area contributed by atoms with E-state index in [-0.39, 0.29) is 0 Å². The Kier molecular flexibility index (Phi) is 4.84. The summed E-state index contributed by atoms with van der Waals surface area (Å²) in [7, 11) is 0. The quantitative estimate of drug-likeness (QED) is 0.432. The van der Waals surface area contributed by atoms with Crippen LogP contribution in [0.1, 0.15) is 26.2 Å². The Morgan fingerprint density at radius 1 is 1.15 bits per heavy atom. The zero-order valence-corrected chi connectivity index (χ0v) is 11.7. The number of nitrogens with one attached hydrogen (secondary N) is 3. The topological polar surface area (TPSA) is 92.1 Å². The van der Waals surface area contributed by atoms with Gasteiger partial charge in [-0.05, 0) is 26.2 Å². The standard InChI is InChI=1S/C13H20N4O3/c1-9(10-11(18)15-13(20)16-12(10)19)14-5-8-17-6-3-2-4-7-17/h10H,2-8H2,1H3,(H2,15,16,18,19,20)/p+1. The molecule has 0 aromatic heterocycles. The summed E-state index contributed by atoms with van der Waals surface area (Å²) in [6, 6.07) is -0.762. The van der Waals surface area contributed by atoms with Crippen LogP contribution in [0.2, 0.25) is 0 Å². The molecule has 0 aromatic carbocycles. The number of quaternary nitrogens is 1. The van der Waals surface area contributed by atoms with Crippen LogP contribution >= 0.6 is 0 Å². The number of hydrogen-bond acceptors (Lipinski definition) is 4. The van der Waals surface area contributed by atoms with Crippen LogP contribution in [0.3, 0.4) is 0 Å². The second-order valence-electron chi connectivity index (χ2n) is 5.32. The van der Waals surface area contributed by atoms with Crippen molar-refractivity contribution >= 4 is 23.6 Å². The summed E-state index contributed by atoms with van der Waals surface area (Å²) in [5.41, 5.74) is 0.462. The molecule has 0 aromatic rings. The maximum atomic E-state index is 11.6. The van der Waals surface area contributed by atoms with Gasteiger partial charge in [-0.2, -0.15) is 0 Å². The lowest BCUT2D eigenvalue weighted by atomic mass is 10.0. The van der Waals surface area contributed by atoms with E-state index in [1.807, 2.05) is 0 Å². The van der Waals surface area contributed by atoms with Gasteiger partial charge >= 0.3 is 6.03 Å². The molecule has 20 heavy (non-hydrogen) atoms. The Labute approximate surface area is 117 Å². The molecular formula is C13H21N4O3+. The first-order chi connectivity index (χ1) is 9.58. The maximum absolute atomic E-state index is 11.6. The van der Waals surface area contributed by atoms with E-state index in [0.29, 0.717) is 12.3 Å². The average Bonchev–Trinajstić information content (AvgIpc) is 2.38. The number of rotatable bonds is 4. The molecule has 3 N–H and O–H groups in total. The normalized spacial score (nSPS) is 22.6. The van der Waals surface area contributed by atoms with Gasteiger partial charge in [0.1, 0.15) is 0 Å². The Morgan fingerprint density at radius 3 is 2.35 bits per heavy atom. The summed E-state index contributed by atoms with van der Waals surface area (Å²) in [6.07, 6.45) is 3.82. The molecule has 0 spiro atoms. The van der Waals surface area contributed by atoms with Crippen LogP contribution in [-0.4, -0.2) is 49.7 Å². The number of carbonyl (C=O) groups excluding carboxylic acids is 3. The van der Waals surface area contributed by atoms with E-state index in [1.54, 1.807) is 6.92 Å². The molecule has 2 rings (SSSR count). The van der Waals surface area contributed by atoms with Gasteiger partial charge in [-0.15, -0.1) is 0 Å². The molecule has 0 bridgehead atoms. The molecule has 4 amide bonds. The van der Waals surface area contributed by atoms with Crippen LogP contribution in [0.5, 0.6) is 0 Å². The van der Waals surface area contributed by atoms with Gasteiger partial charge in [0, 0.05) is 5.71 Å². The first kappa shape index (κ1) is 14.6. The highest BCUT2D eigenvalue weighted by atomic mass is 16.2. The minimum atomic E-state index is -0.982. The fourth-order valence-corrected chi connectivity index (χ4v) is 2.68. The van der Waals surface area contributed by atoms with Crippen molar-refractivity contribution in [3.63, 3.8) is 0 Å². The molecule has 7 nitrogen and oxygen atoms in total. The smallest absolute Gasteiger partial charge is 0.328 e. The molecule has 2 fully saturated rings. The summed E-state index contributed by atoms with van der Waals surface area (Å²) >= 11 is 0. The van der Waals surface area contributed by atoms with Crippen LogP contribution in [-0.2, 0) is 9.59 Å². The maximum Gasteiger partial charge on any atom is 0.328 e.